The van der Waals surface area contributed by atoms with Crippen LogP contribution in [0.25, 0.3) is 0 Å². The fraction of sp³-hybridized carbons (Fsp3) is 0.923. The minimum atomic E-state index is -0.401. The number of hydrogen-bond acceptors (Lipinski definition) is 3. The maximum atomic E-state index is 12.2. The van der Waals surface area contributed by atoms with Gasteiger partial charge in [-0.15, -0.1) is 0 Å². The fourth-order valence-corrected chi connectivity index (χ4v) is 2.41. The number of nitrogens with two attached hydrogens (primary N) is 1. The third kappa shape index (κ3) is 3.42. The Hall–Kier alpha value is -0.610. The van der Waals surface area contributed by atoms with Crippen LogP contribution in [-0.2, 0) is 9.53 Å². The van der Waals surface area contributed by atoms with E-state index in [1.807, 2.05) is 27.7 Å². The van der Waals surface area contributed by atoms with Crippen LogP contribution in [0, 0.1) is 5.41 Å². The number of carbonyl (C=O) groups excluding carboxylic acids is 1. The van der Waals surface area contributed by atoms with E-state index in [1.54, 1.807) is 0 Å². The van der Waals surface area contributed by atoms with Crippen molar-refractivity contribution in [3.05, 3.63) is 0 Å². The molecule has 1 fully saturated rings. The quantitative estimate of drug-likeness (QED) is 0.766. The molecule has 1 aliphatic rings. The smallest absolute Gasteiger partial charge is 0.227 e. The van der Waals surface area contributed by atoms with Gasteiger partial charge in [-0.1, -0.05) is 6.42 Å². The van der Waals surface area contributed by atoms with E-state index in [0.29, 0.717) is 13.2 Å². The minimum absolute atomic E-state index is 0.0160. The summed E-state index contributed by atoms with van der Waals surface area (Å²) in [6.07, 6.45) is 2.87. The Labute approximate surface area is 104 Å². The van der Waals surface area contributed by atoms with Gasteiger partial charge in [-0.2, -0.15) is 0 Å². The average molecular weight is 242 g/mol. The van der Waals surface area contributed by atoms with Crippen LogP contribution in [0.5, 0.6) is 0 Å². The highest BCUT2D eigenvalue weighted by Gasteiger charge is 2.43. The van der Waals surface area contributed by atoms with Crippen molar-refractivity contribution in [1.29, 1.82) is 0 Å². The molecule has 17 heavy (non-hydrogen) atoms. The zero-order chi connectivity index (χ0) is 13.1. The van der Waals surface area contributed by atoms with Crippen molar-refractivity contribution in [1.82, 2.24) is 5.32 Å². The van der Waals surface area contributed by atoms with Crippen LogP contribution in [0.2, 0.25) is 0 Å². The van der Waals surface area contributed by atoms with Crippen molar-refractivity contribution in [2.24, 2.45) is 11.1 Å². The first kappa shape index (κ1) is 14.5. The second-order valence-corrected chi connectivity index (χ2v) is 5.79. The van der Waals surface area contributed by atoms with E-state index < -0.39 is 5.41 Å². The highest BCUT2D eigenvalue weighted by molar-refractivity contribution is 5.83. The van der Waals surface area contributed by atoms with Crippen molar-refractivity contribution in [2.45, 2.75) is 58.6 Å². The summed E-state index contributed by atoms with van der Waals surface area (Å²) in [6, 6.07) is -0.0160. The molecule has 2 atom stereocenters. The molecular weight excluding hydrogens is 216 g/mol. The van der Waals surface area contributed by atoms with Crippen LogP contribution >= 0.6 is 0 Å². The van der Waals surface area contributed by atoms with Crippen molar-refractivity contribution in [2.75, 3.05) is 13.2 Å². The average Bonchev–Trinajstić information content (AvgIpc) is 2.57. The summed E-state index contributed by atoms with van der Waals surface area (Å²) in [4.78, 5) is 12.2. The molecule has 0 aromatic heterocycles. The molecule has 0 spiro atoms. The summed E-state index contributed by atoms with van der Waals surface area (Å²) in [5.41, 5.74) is 5.30. The van der Waals surface area contributed by atoms with Gasteiger partial charge in [0.25, 0.3) is 0 Å². The molecule has 0 radical (unpaired) electrons. The number of ether oxygens (including phenoxy) is 1. The molecule has 0 aliphatic heterocycles. The van der Waals surface area contributed by atoms with Gasteiger partial charge in [0, 0.05) is 19.2 Å². The van der Waals surface area contributed by atoms with E-state index in [2.05, 4.69) is 5.32 Å². The van der Waals surface area contributed by atoms with Crippen LogP contribution in [0.15, 0.2) is 0 Å². The van der Waals surface area contributed by atoms with E-state index >= 15 is 0 Å². The second kappa shape index (κ2) is 5.36. The van der Waals surface area contributed by atoms with Crippen LogP contribution in [-0.4, -0.2) is 30.7 Å². The van der Waals surface area contributed by atoms with Crippen molar-refractivity contribution in [3.8, 4) is 0 Å². The molecule has 2 unspecified atom stereocenters. The first-order chi connectivity index (χ1) is 7.82. The lowest BCUT2D eigenvalue weighted by molar-refractivity contribution is -0.132. The monoisotopic (exact) mass is 242 g/mol. The van der Waals surface area contributed by atoms with E-state index in [1.165, 1.54) is 0 Å². The fourth-order valence-electron chi connectivity index (χ4n) is 2.41. The molecular formula is C13H26N2O2. The van der Waals surface area contributed by atoms with Gasteiger partial charge in [-0.25, -0.2) is 0 Å². The first-order valence-corrected chi connectivity index (χ1v) is 6.49. The normalized spacial score (nSPS) is 29.4. The highest BCUT2D eigenvalue weighted by atomic mass is 16.5. The Morgan fingerprint density at radius 3 is 2.71 bits per heavy atom. The molecule has 0 aromatic rings. The Kier molecular flexibility index (Phi) is 4.55. The van der Waals surface area contributed by atoms with Gasteiger partial charge >= 0.3 is 0 Å². The zero-order valence-electron chi connectivity index (χ0n) is 11.5. The molecule has 0 aromatic carbocycles. The van der Waals surface area contributed by atoms with E-state index in [4.69, 9.17) is 10.5 Å². The van der Waals surface area contributed by atoms with Gasteiger partial charge in [-0.3, -0.25) is 4.79 Å². The summed E-state index contributed by atoms with van der Waals surface area (Å²) in [6.45, 7) is 9.06. The number of carbonyl (C=O) groups is 1. The Morgan fingerprint density at radius 1 is 1.59 bits per heavy atom. The summed E-state index contributed by atoms with van der Waals surface area (Å²) in [5.74, 6) is 0.0651. The maximum Gasteiger partial charge on any atom is 0.227 e. The summed E-state index contributed by atoms with van der Waals surface area (Å²) < 4.78 is 5.56. The molecule has 1 aliphatic carbocycles. The second-order valence-electron chi connectivity index (χ2n) is 5.79. The first-order valence-electron chi connectivity index (χ1n) is 6.49. The number of nitrogens with one attached hydrogen (secondary N) is 1. The largest absolute Gasteiger partial charge is 0.374 e. The molecule has 1 amide bonds. The maximum absolute atomic E-state index is 12.2. The summed E-state index contributed by atoms with van der Waals surface area (Å²) in [5, 5.41) is 2.98. The zero-order valence-corrected chi connectivity index (χ0v) is 11.5. The third-order valence-corrected chi connectivity index (χ3v) is 3.76. The Bertz CT molecular complexity index is 279. The van der Waals surface area contributed by atoms with Crippen LogP contribution in [0.1, 0.15) is 47.0 Å². The topological polar surface area (TPSA) is 64.3 Å². The molecule has 0 bridgehead atoms. The predicted octanol–water partition coefficient (Wildman–Crippen LogP) is 1.44. The number of rotatable bonds is 5. The Morgan fingerprint density at radius 2 is 2.24 bits per heavy atom. The van der Waals surface area contributed by atoms with Gasteiger partial charge in [-0.05, 0) is 40.5 Å². The van der Waals surface area contributed by atoms with Crippen LogP contribution in [0.3, 0.4) is 0 Å². The van der Waals surface area contributed by atoms with Crippen molar-refractivity contribution < 1.29 is 9.53 Å². The standard InChI is InChI=1S/C13H26N2O2/c1-5-17-12(2,3)9-15-11(16)13(4)8-6-7-10(13)14/h10H,5-9,14H2,1-4H3,(H,15,16). The van der Waals surface area contributed by atoms with E-state index in [0.717, 1.165) is 19.3 Å². The molecule has 4 heteroatoms. The number of amides is 1. The number of hydrogen-bond donors (Lipinski definition) is 2. The predicted molar refractivity (Wildman–Crippen MR) is 68.6 cm³/mol. The van der Waals surface area contributed by atoms with Crippen molar-refractivity contribution in [3.63, 3.8) is 0 Å². The molecule has 100 valence electrons. The lowest BCUT2D eigenvalue weighted by Gasteiger charge is -2.31. The lowest BCUT2D eigenvalue weighted by Crippen LogP contribution is -2.50. The van der Waals surface area contributed by atoms with Crippen LogP contribution < -0.4 is 11.1 Å². The summed E-state index contributed by atoms with van der Waals surface area (Å²) in [7, 11) is 0. The Balaban J connectivity index is 2.50. The van der Waals surface area contributed by atoms with Gasteiger partial charge in [0.05, 0.1) is 11.0 Å². The minimum Gasteiger partial charge on any atom is -0.374 e. The molecule has 4 nitrogen and oxygen atoms in total. The van der Waals surface area contributed by atoms with E-state index in [-0.39, 0.29) is 17.6 Å². The van der Waals surface area contributed by atoms with Crippen molar-refractivity contribution >= 4 is 5.91 Å². The van der Waals surface area contributed by atoms with Gasteiger partial charge in [0.1, 0.15) is 0 Å². The molecule has 0 heterocycles. The summed E-state index contributed by atoms with van der Waals surface area (Å²) >= 11 is 0. The SMILES string of the molecule is CCOC(C)(C)CNC(=O)C1(C)CCCC1N. The molecule has 3 N–H and O–H groups in total. The molecule has 1 rings (SSSR count). The third-order valence-electron chi connectivity index (χ3n) is 3.76. The van der Waals surface area contributed by atoms with E-state index in [9.17, 15) is 4.79 Å². The molecule has 0 saturated heterocycles. The highest BCUT2D eigenvalue weighted by Crippen LogP contribution is 2.36. The lowest BCUT2D eigenvalue weighted by atomic mass is 9.84. The molecule has 1 saturated carbocycles. The van der Waals surface area contributed by atoms with Gasteiger partial charge in [0.2, 0.25) is 5.91 Å². The van der Waals surface area contributed by atoms with Gasteiger partial charge < -0.3 is 15.8 Å². The van der Waals surface area contributed by atoms with Gasteiger partial charge in [0.15, 0.2) is 0 Å². The van der Waals surface area contributed by atoms with Crippen LogP contribution in [0.4, 0.5) is 0 Å².